The molecule has 1 nitrogen and oxygen atoms in total. The van der Waals surface area contributed by atoms with E-state index in [1.807, 2.05) is 0 Å². The van der Waals surface area contributed by atoms with Crippen LogP contribution in [0.1, 0.15) is 30.9 Å². The Kier molecular flexibility index (Phi) is 5.57. The number of hydrogen-bond donors (Lipinski definition) is 1. The summed E-state index contributed by atoms with van der Waals surface area (Å²) >= 11 is 0. The van der Waals surface area contributed by atoms with E-state index in [9.17, 15) is 0 Å². The van der Waals surface area contributed by atoms with Gasteiger partial charge in [0.25, 0.3) is 0 Å². The predicted molar refractivity (Wildman–Crippen MR) is 87.0 cm³/mol. The Morgan fingerprint density at radius 2 is 1.35 bits per heavy atom. The molecular formula is C19H23N. The van der Waals surface area contributed by atoms with Crippen LogP contribution in [0.2, 0.25) is 0 Å². The lowest BCUT2D eigenvalue weighted by Crippen LogP contribution is -2.23. The van der Waals surface area contributed by atoms with E-state index < -0.39 is 0 Å². The van der Waals surface area contributed by atoms with Gasteiger partial charge in [0.05, 0.1) is 0 Å². The average molecular weight is 265 g/mol. The minimum Gasteiger partial charge on any atom is -0.311 e. The molecule has 1 unspecified atom stereocenters. The number of benzene rings is 2. The number of nitrogens with one attached hydrogen (secondary N) is 1. The molecular weight excluding hydrogens is 242 g/mol. The summed E-state index contributed by atoms with van der Waals surface area (Å²) in [5.41, 5.74) is 2.66. The van der Waals surface area contributed by atoms with Gasteiger partial charge >= 0.3 is 0 Å². The second-order valence-electron chi connectivity index (χ2n) is 5.03. The van der Waals surface area contributed by atoms with Crippen molar-refractivity contribution >= 4 is 0 Å². The van der Waals surface area contributed by atoms with E-state index in [4.69, 9.17) is 0 Å². The molecule has 1 N–H and O–H groups in total. The minimum atomic E-state index is 0.318. The Labute approximate surface area is 122 Å². The van der Waals surface area contributed by atoms with Gasteiger partial charge in [0, 0.05) is 12.0 Å². The van der Waals surface area contributed by atoms with Crippen LogP contribution in [0.3, 0.4) is 0 Å². The molecule has 0 aromatic heterocycles. The normalized spacial score (nSPS) is 12.9. The van der Waals surface area contributed by atoms with Gasteiger partial charge in [-0.25, -0.2) is 0 Å². The van der Waals surface area contributed by atoms with Crippen LogP contribution in [0.15, 0.2) is 72.8 Å². The van der Waals surface area contributed by atoms with Gasteiger partial charge in [0.1, 0.15) is 0 Å². The average Bonchev–Trinajstić information content (AvgIpc) is 2.50. The SMILES string of the molecule is CCNC(C)/C=C/C(c1ccccc1)c1ccccc1. The van der Waals surface area contributed by atoms with Crippen molar-refractivity contribution < 1.29 is 0 Å². The Balaban J connectivity index is 2.26. The van der Waals surface area contributed by atoms with Crippen molar-refractivity contribution in [3.05, 3.63) is 83.9 Å². The van der Waals surface area contributed by atoms with Crippen molar-refractivity contribution in [3.63, 3.8) is 0 Å². The van der Waals surface area contributed by atoms with E-state index in [1.165, 1.54) is 11.1 Å². The van der Waals surface area contributed by atoms with Gasteiger partial charge in [-0.1, -0.05) is 79.7 Å². The number of allylic oxidation sites excluding steroid dienone is 1. The van der Waals surface area contributed by atoms with Crippen molar-refractivity contribution in [2.24, 2.45) is 0 Å². The summed E-state index contributed by atoms with van der Waals surface area (Å²) in [4.78, 5) is 0. The summed E-state index contributed by atoms with van der Waals surface area (Å²) < 4.78 is 0. The molecule has 2 rings (SSSR count). The van der Waals surface area contributed by atoms with Gasteiger partial charge in [-0.15, -0.1) is 0 Å². The van der Waals surface area contributed by atoms with Crippen LogP contribution >= 0.6 is 0 Å². The lowest BCUT2D eigenvalue weighted by Gasteiger charge is -2.15. The summed E-state index contributed by atoms with van der Waals surface area (Å²) in [5, 5.41) is 3.42. The molecule has 1 atom stereocenters. The van der Waals surface area contributed by atoms with Crippen LogP contribution in [0.5, 0.6) is 0 Å². The van der Waals surface area contributed by atoms with Gasteiger partial charge in [-0.2, -0.15) is 0 Å². The number of likely N-dealkylation sites (N-methyl/N-ethyl adjacent to an activating group) is 1. The highest BCUT2D eigenvalue weighted by Crippen LogP contribution is 2.25. The molecule has 0 fully saturated rings. The van der Waals surface area contributed by atoms with Crippen molar-refractivity contribution in [1.82, 2.24) is 5.32 Å². The second-order valence-corrected chi connectivity index (χ2v) is 5.03. The van der Waals surface area contributed by atoms with E-state index in [0.29, 0.717) is 12.0 Å². The molecule has 0 saturated carbocycles. The van der Waals surface area contributed by atoms with Crippen LogP contribution < -0.4 is 5.32 Å². The quantitative estimate of drug-likeness (QED) is 0.765. The van der Waals surface area contributed by atoms with Gasteiger partial charge in [0.15, 0.2) is 0 Å². The standard InChI is InChI=1S/C19H23N/c1-3-20-16(2)14-15-19(17-10-6-4-7-11-17)18-12-8-5-9-13-18/h4-16,19-20H,3H2,1-2H3/b15-14+. The van der Waals surface area contributed by atoms with Crippen molar-refractivity contribution in [2.75, 3.05) is 6.54 Å². The molecule has 0 aliphatic heterocycles. The third-order valence-corrected chi connectivity index (χ3v) is 3.44. The zero-order chi connectivity index (χ0) is 14.2. The second kappa shape index (κ2) is 7.66. The molecule has 0 saturated heterocycles. The molecule has 20 heavy (non-hydrogen) atoms. The summed E-state index contributed by atoms with van der Waals surface area (Å²) in [5.74, 6) is 0.318. The van der Waals surface area contributed by atoms with Crippen LogP contribution in [-0.4, -0.2) is 12.6 Å². The molecule has 0 radical (unpaired) electrons. The van der Waals surface area contributed by atoms with E-state index in [1.54, 1.807) is 0 Å². The molecule has 104 valence electrons. The van der Waals surface area contributed by atoms with Crippen molar-refractivity contribution in [2.45, 2.75) is 25.8 Å². The highest BCUT2D eigenvalue weighted by atomic mass is 14.9. The van der Waals surface area contributed by atoms with E-state index in [0.717, 1.165) is 6.54 Å². The summed E-state index contributed by atoms with van der Waals surface area (Å²) in [6.07, 6.45) is 4.56. The maximum Gasteiger partial charge on any atom is 0.0270 e. The molecule has 2 aromatic rings. The Hall–Kier alpha value is -1.86. The van der Waals surface area contributed by atoms with E-state index >= 15 is 0 Å². The fraction of sp³-hybridized carbons (Fsp3) is 0.263. The molecule has 1 heteroatoms. The van der Waals surface area contributed by atoms with Crippen molar-refractivity contribution in [3.8, 4) is 0 Å². The van der Waals surface area contributed by atoms with Gasteiger partial charge in [0.2, 0.25) is 0 Å². The molecule has 0 aliphatic rings. The van der Waals surface area contributed by atoms with Crippen molar-refractivity contribution in [1.29, 1.82) is 0 Å². The maximum absolute atomic E-state index is 3.42. The maximum atomic E-state index is 3.42. The first-order chi connectivity index (χ1) is 9.81. The fourth-order valence-electron chi connectivity index (χ4n) is 2.40. The topological polar surface area (TPSA) is 12.0 Å². The molecule has 0 bridgehead atoms. The van der Waals surface area contributed by atoms with E-state index in [-0.39, 0.29) is 0 Å². The summed E-state index contributed by atoms with van der Waals surface area (Å²) in [7, 11) is 0. The van der Waals surface area contributed by atoms with Crippen LogP contribution in [0.4, 0.5) is 0 Å². The monoisotopic (exact) mass is 265 g/mol. The Morgan fingerprint density at radius 3 is 1.80 bits per heavy atom. The number of hydrogen-bond acceptors (Lipinski definition) is 1. The molecule has 0 amide bonds. The van der Waals surface area contributed by atoms with Crippen LogP contribution in [0, 0.1) is 0 Å². The zero-order valence-corrected chi connectivity index (χ0v) is 12.3. The highest BCUT2D eigenvalue weighted by molar-refractivity contribution is 5.36. The fourth-order valence-corrected chi connectivity index (χ4v) is 2.40. The minimum absolute atomic E-state index is 0.318. The third-order valence-electron chi connectivity index (χ3n) is 3.44. The summed E-state index contributed by atoms with van der Waals surface area (Å²) in [6, 6.07) is 21.7. The molecule has 2 aromatic carbocycles. The Bertz CT molecular complexity index is 476. The van der Waals surface area contributed by atoms with Gasteiger partial charge in [-0.05, 0) is 24.6 Å². The van der Waals surface area contributed by atoms with Crippen LogP contribution in [-0.2, 0) is 0 Å². The molecule has 0 aliphatic carbocycles. The van der Waals surface area contributed by atoms with E-state index in [2.05, 4.69) is 92.0 Å². The lowest BCUT2D eigenvalue weighted by atomic mass is 9.90. The first kappa shape index (κ1) is 14.5. The largest absolute Gasteiger partial charge is 0.311 e. The first-order valence-electron chi connectivity index (χ1n) is 7.33. The predicted octanol–water partition coefficient (Wildman–Crippen LogP) is 4.37. The Morgan fingerprint density at radius 1 is 0.850 bits per heavy atom. The third kappa shape index (κ3) is 4.07. The van der Waals surface area contributed by atoms with Gasteiger partial charge in [-0.3, -0.25) is 0 Å². The first-order valence-corrected chi connectivity index (χ1v) is 7.33. The highest BCUT2D eigenvalue weighted by Gasteiger charge is 2.10. The van der Waals surface area contributed by atoms with Crippen LogP contribution in [0.25, 0.3) is 0 Å². The smallest absolute Gasteiger partial charge is 0.0270 e. The summed E-state index contributed by atoms with van der Waals surface area (Å²) in [6.45, 7) is 5.32. The molecule has 0 heterocycles. The zero-order valence-electron chi connectivity index (χ0n) is 12.3. The number of rotatable bonds is 6. The lowest BCUT2D eigenvalue weighted by molar-refractivity contribution is 0.658. The molecule has 0 spiro atoms. The van der Waals surface area contributed by atoms with Gasteiger partial charge < -0.3 is 5.32 Å².